The molecule has 86 valence electrons. The first-order valence-electron chi connectivity index (χ1n) is 5.08. The maximum Gasteiger partial charge on any atom is 0.290 e. The van der Waals surface area contributed by atoms with Gasteiger partial charge in [0.05, 0.1) is 11.5 Å². The number of hydrogen-bond acceptors (Lipinski definition) is 4. The molecule has 16 heavy (non-hydrogen) atoms. The van der Waals surface area contributed by atoms with Crippen molar-refractivity contribution in [3.8, 4) is 0 Å². The molecule has 0 saturated heterocycles. The van der Waals surface area contributed by atoms with Gasteiger partial charge >= 0.3 is 0 Å². The van der Waals surface area contributed by atoms with E-state index in [-0.39, 0.29) is 11.6 Å². The van der Waals surface area contributed by atoms with Crippen LogP contribution in [-0.2, 0) is 4.79 Å². The SMILES string of the molecule is CN1CC(=O)N(C)C2=C1CCC=C2[N+](=O)[O-]. The van der Waals surface area contributed by atoms with Crippen molar-refractivity contribution in [3.63, 3.8) is 0 Å². The first kappa shape index (κ1) is 10.7. The number of nitrogens with zero attached hydrogens (tertiary/aromatic N) is 3. The second-order valence-corrected chi connectivity index (χ2v) is 3.99. The molecule has 1 heterocycles. The molecule has 1 aliphatic heterocycles. The first-order chi connectivity index (χ1) is 7.52. The lowest BCUT2D eigenvalue weighted by atomic mass is 10.0. The number of nitro groups is 1. The minimum atomic E-state index is -0.419. The van der Waals surface area contributed by atoms with Gasteiger partial charge in [-0.25, -0.2) is 0 Å². The summed E-state index contributed by atoms with van der Waals surface area (Å²) in [6, 6.07) is 0. The normalized spacial score (nSPS) is 20.9. The van der Waals surface area contributed by atoms with Crippen LogP contribution in [0.4, 0.5) is 0 Å². The quantitative estimate of drug-likeness (QED) is 0.481. The fraction of sp³-hybridized carbons (Fsp3) is 0.500. The van der Waals surface area contributed by atoms with Gasteiger partial charge in [-0.15, -0.1) is 0 Å². The number of hydrogen-bond donors (Lipinski definition) is 0. The molecule has 0 spiro atoms. The van der Waals surface area contributed by atoms with Crippen LogP contribution in [0.3, 0.4) is 0 Å². The fourth-order valence-corrected chi connectivity index (χ4v) is 2.14. The van der Waals surface area contributed by atoms with Crippen LogP contribution in [-0.4, -0.2) is 41.3 Å². The van der Waals surface area contributed by atoms with E-state index in [9.17, 15) is 14.9 Å². The van der Waals surface area contributed by atoms with Crippen molar-refractivity contribution in [2.75, 3.05) is 20.6 Å². The van der Waals surface area contributed by atoms with Crippen LogP contribution in [0.15, 0.2) is 23.2 Å². The van der Waals surface area contributed by atoms with Crippen LogP contribution in [0.2, 0.25) is 0 Å². The van der Waals surface area contributed by atoms with Gasteiger partial charge in [-0.2, -0.15) is 0 Å². The van der Waals surface area contributed by atoms with Gasteiger partial charge in [0.1, 0.15) is 5.70 Å². The molecule has 0 bridgehead atoms. The maximum atomic E-state index is 11.6. The van der Waals surface area contributed by atoms with E-state index in [4.69, 9.17) is 0 Å². The van der Waals surface area contributed by atoms with Crippen molar-refractivity contribution in [1.82, 2.24) is 9.80 Å². The lowest BCUT2D eigenvalue weighted by Gasteiger charge is -2.35. The Morgan fingerprint density at radius 2 is 2.12 bits per heavy atom. The second kappa shape index (κ2) is 3.62. The van der Waals surface area contributed by atoms with Crippen molar-refractivity contribution in [1.29, 1.82) is 0 Å². The number of rotatable bonds is 1. The summed E-state index contributed by atoms with van der Waals surface area (Å²) < 4.78 is 0. The average Bonchev–Trinajstić information content (AvgIpc) is 2.25. The van der Waals surface area contributed by atoms with E-state index in [1.165, 1.54) is 4.90 Å². The Morgan fingerprint density at radius 1 is 1.44 bits per heavy atom. The average molecular weight is 223 g/mol. The van der Waals surface area contributed by atoms with Crippen LogP contribution in [0.25, 0.3) is 0 Å². The van der Waals surface area contributed by atoms with E-state index in [0.717, 1.165) is 12.1 Å². The summed E-state index contributed by atoms with van der Waals surface area (Å²) in [5.41, 5.74) is 1.38. The van der Waals surface area contributed by atoms with Crippen molar-refractivity contribution >= 4 is 5.91 Å². The monoisotopic (exact) mass is 223 g/mol. The highest BCUT2D eigenvalue weighted by molar-refractivity contribution is 5.82. The van der Waals surface area contributed by atoms with Crippen molar-refractivity contribution in [2.24, 2.45) is 0 Å². The van der Waals surface area contributed by atoms with E-state index in [2.05, 4.69) is 0 Å². The zero-order valence-corrected chi connectivity index (χ0v) is 9.27. The molecule has 2 rings (SSSR count). The summed E-state index contributed by atoms with van der Waals surface area (Å²) in [6.45, 7) is 0.292. The Hall–Kier alpha value is -1.85. The van der Waals surface area contributed by atoms with E-state index >= 15 is 0 Å². The summed E-state index contributed by atoms with van der Waals surface area (Å²) in [6.07, 6.45) is 2.99. The minimum absolute atomic E-state index is 0.0450. The largest absolute Gasteiger partial charge is 0.367 e. The predicted molar refractivity (Wildman–Crippen MR) is 56.7 cm³/mol. The third-order valence-electron chi connectivity index (χ3n) is 2.97. The summed E-state index contributed by atoms with van der Waals surface area (Å²) in [4.78, 5) is 25.3. The molecule has 1 aliphatic carbocycles. The molecule has 0 atom stereocenters. The van der Waals surface area contributed by atoms with Gasteiger partial charge < -0.3 is 9.80 Å². The Kier molecular flexibility index (Phi) is 2.41. The summed E-state index contributed by atoms with van der Waals surface area (Å²) in [5.74, 6) is -0.115. The number of likely N-dealkylation sites (N-methyl/N-ethyl adjacent to an activating group) is 2. The molecule has 0 fully saturated rings. The highest BCUT2D eigenvalue weighted by atomic mass is 16.6. The number of carbonyl (C=O) groups excluding carboxylic acids is 1. The Bertz CT molecular complexity index is 425. The number of carbonyl (C=O) groups is 1. The van der Waals surface area contributed by atoms with Crippen LogP contribution < -0.4 is 0 Å². The van der Waals surface area contributed by atoms with Gasteiger partial charge in [-0.1, -0.05) is 0 Å². The topological polar surface area (TPSA) is 66.7 Å². The molecule has 6 nitrogen and oxygen atoms in total. The molecule has 0 aromatic heterocycles. The molecule has 0 unspecified atom stereocenters. The van der Waals surface area contributed by atoms with Crippen molar-refractivity contribution in [3.05, 3.63) is 33.3 Å². The van der Waals surface area contributed by atoms with E-state index in [1.807, 2.05) is 0 Å². The van der Waals surface area contributed by atoms with Crippen molar-refractivity contribution in [2.45, 2.75) is 12.8 Å². The maximum absolute atomic E-state index is 11.6. The van der Waals surface area contributed by atoms with Gasteiger partial charge in [0.15, 0.2) is 0 Å². The molecule has 1 amide bonds. The zero-order valence-electron chi connectivity index (χ0n) is 9.27. The van der Waals surface area contributed by atoms with E-state index in [1.54, 1.807) is 25.1 Å². The Labute approximate surface area is 93.0 Å². The molecule has 6 heteroatoms. The highest BCUT2D eigenvalue weighted by Gasteiger charge is 2.36. The minimum Gasteiger partial charge on any atom is -0.367 e. The van der Waals surface area contributed by atoms with Crippen LogP contribution in [0.5, 0.6) is 0 Å². The standard InChI is InChI=1S/C10H13N3O3/c1-11-6-9(14)12(2)10-7(11)4-3-5-8(10)13(15)16/h5H,3-4,6H2,1-2H3. The molecule has 0 saturated carbocycles. The van der Waals surface area contributed by atoms with E-state index in [0.29, 0.717) is 18.7 Å². The van der Waals surface area contributed by atoms with Gasteiger partial charge in [0.25, 0.3) is 5.70 Å². The van der Waals surface area contributed by atoms with Crippen LogP contribution >= 0.6 is 0 Å². The molecule has 2 aliphatic rings. The van der Waals surface area contributed by atoms with Gasteiger partial charge in [0, 0.05) is 19.8 Å². The van der Waals surface area contributed by atoms with Crippen LogP contribution in [0, 0.1) is 10.1 Å². The van der Waals surface area contributed by atoms with Gasteiger partial charge in [0.2, 0.25) is 5.91 Å². The Morgan fingerprint density at radius 3 is 2.75 bits per heavy atom. The third kappa shape index (κ3) is 1.46. The molecule has 0 aromatic rings. The summed E-state index contributed by atoms with van der Waals surface area (Å²) >= 11 is 0. The van der Waals surface area contributed by atoms with Gasteiger partial charge in [-0.05, 0) is 18.9 Å². The lowest BCUT2D eigenvalue weighted by Crippen LogP contribution is -2.44. The summed E-state index contributed by atoms with van der Waals surface area (Å²) in [5, 5.41) is 10.9. The fourth-order valence-electron chi connectivity index (χ4n) is 2.14. The van der Waals surface area contributed by atoms with E-state index < -0.39 is 4.92 Å². The van der Waals surface area contributed by atoms with Crippen LogP contribution in [0.1, 0.15) is 12.8 Å². The van der Waals surface area contributed by atoms with Gasteiger partial charge in [-0.3, -0.25) is 14.9 Å². The smallest absolute Gasteiger partial charge is 0.290 e. The second-order valence-electron chi connectivity index (χ2n) is 3.99. The summed E-state index contributed by atoms with van der Waals surface area (Å²) in [7, 11) is 3.39. The molecular weight excluding hydrogens is 210 g/mol. The third-order valence-corrected chi connectivity index (χ3v) is 2.97. The molecule has 0 radical (unpaired) electrons. The Balaban J connectivity index is 2.51. The predicted octanol–water partition coefficient (Wildman–Crippen LogP) is 0.556. The highest BCUT2D eigenvalue weighted by Crippen LogP contribution is 2.32. The van der Waals surface area contributed by atoms with Crippen molar-refractivity contribution < 1.29 is 9.72 Å². The molecule has 0 N–H and O–H groups in total. The first-order valence-corrected chi connectivity index (χ1v) is 5.08. The number of allylic oxidation sites excluding steroid dienone is 2. The zero-order chi connectivity index (χ0) is 11.9. The number of amides is 1. The molecule has 0 aromatic carbocycles. The lowest BCUT2D eigenvalue weighted by molar-refractivity contribution is -0.423. The molecular formula is C10H13N3O3.